The van der Waals surface area contributed by atoms with Crippen molar-refractivity contribution in [1.82, 2.24) is 9.80 Å². The zero-order valence-corrected chi connectivity index (χ0v) is 14.1. The van der Waals surface area contributed by atoms with Crippen molar-refractivity contribution in [2.45, 2.75) is 12.8 Å². The van der Waals surface area contributed by atoms with Crippen molar-refractivity contribution in [3.63, 3.8) is 0 Å². The summed E-state index contributed by atoms with van der Waals surface area (Å²) in [6.07, 6.45) is 1.65. The Kier molecular flexibility index (Phi) is 5.35. The number of anilines is 1. The Balaban J connectivity index is 1.47. The summed E-state index contributed by atoms with van der Waals surface area (Å²) in [6.45, 7) is 5.21. The number of nitrogens with two attached hydrogens (primary N) is 1. The van der Waals surface area contributed by atoms with E-state index < -0.39 is 0 Å². The van der Waals surface area contributed by atoms with Gasteiger partial charge in [0.05, 0.1) is 6.54 Å². The SMILES string of the molecule is NC(=O)CN1CCC(C(=O)N2CCN(c3ccccc3)CC2)CC1. The predicted molar refractivity (Wildman–Crippen MR) is 93.6 cm³/mol. The Labute approximate surface area is 143 Å². The van der Waals surface area contributed by atoms with Crippen LogP contribution in [0.25, 0.3) is 0 Å². The average Bonchev–Trinajstić information content (AvgIpc) is 2.62. The fraction of sp³-hybridized carbons (Fsp3) is 0.556. The Morgan fingerprint density at radius 1 is 0.958 bits per heavy atom. The largest absolute Gasteiger partial charge is 0.369 e. The van der Waals surface area contributed by atoms with Crippen LogP contribution in [0.1, 0.15) is 12.8 Å². The summed E-state index contributed by atoms with van der Waals surface area (Å²) in [5.41, 5.74) is 6.46. The normalized spacial score (nSPS) is 20.2. The van der Waals surface area contributed by atoms with Crippen LogP contribution >= 0.6 is 0 Å². The zero-order chi connectivity index (χ0) is 16.9. The van der Waals surface area contributed by atoms with E-state index >= 15 is 0 Å². The summed E-state index contributed by atoms with van der Waals surface area (Å²) < 4.78 is 0. The molecule has 2 amide bonds. The smallest absolute Gasteiger partial charge is 0.231 e. The molecular formula is C18H26N4O2. The first-order valence-corrected chi connectivity index (χ1v) is 8.73. The molecule has 24 heavy (non-hydrogen) atoms. The number of amides is 2. The van der Waals surface area contributed by atoms with Crippen LogP contribution in [-0.2, 0) is 9.59 Å². The van der Waals surface area contributed by atoms with Gasteiger partial charge in [-0.15, -0.1) is 0 Å². The number of hydrogen-bond acceptors (Lipinski definition) is 4. The molecule has 0 spiro atoms. The number of carbonyl (C=O) groups excluding carboxylic acids is 2. The first-order valence-electron chi connectivity index (χ1n) is 8.73. The third-order valence-electron chi connectivity index (χ3n) is 5.03. The van der Waals surface area contributed by atoms with Crippen molar-refractivity contribution in [3.8, 4) is 0 Å². The van der Waals surface area contributed by atoms with E-state index in [2.05, 4.69) is 17.0 Å². The van der Waals surface area contributed by atoms with Gasteiger partial charge in [0.25, 0.3) is 0 Å². The van der Waals surface area contributed by atoms with E-state index in [-0.39, 0.29) is 17.7 Å². The molecule has 3 rings (SSSR count). The second-order valence-corrected chi connectivity index (χ2v) is 6.66. The first-order chi connectivity index (χ1) is 11.6. The monoisotopic (exact) mass is 330 g/mol. The molecule has 0 atom stereocenters. The van der Waals surface area contributed by atoms with Crippen molar-refractivity contribution in [3.05, 3.63) is 30.3 Å². The number of piperidine rings is 1. The number of rotatable bonds is 4. The van der Waals surface area contributed by atoms with Gasteiger partial charge in [-0.25, -0.2) is 0 Å². The summed E-state index contributed by atoms with van der Waals surface area (Å²) in [5, 5.41) is 0. The van der Waals surface area contributed by atoms with E-state index in [1.165, 1.54) is 5.69 Å². The molecule has 2 heterocycles. The second kappa shape index (κ2) is 7.66. The summed E-state index contributed by atoms with van der Waals surface area (Å²) >= 11 is 0. The molecule has 2 saturated heterocycles. The van der Waals surface area contributed by atoms with Crippen molar-refractivity contribution < 1.29 is 9.59 Å². The zero-order valence-electron chi connectivity index (χ0n) is 14.1. The van der Waals surface area contributed by atoms with Gasteiger partial charge in [0.15, 0.2) is 0 Å². The maximum Gasteiger partial charge on any atom is 0.231 e. The maximum absolute atomic E-state index is 12.7. The fourth-order valence-electron chi connectivity index (χ4n) is 3.64. The number of piperazine rings is 1. The summed E-state index contributed by atoms with van der Waals surface area (Å²) in [6, 6.07) is 10.4. The van der Waals surface area contributed by atoms with Gasteiger partial charge in [-0.1, -0.05) is 18.2 Å². The second-order valence-electron chi connectivity index (χ2n) is 6.66. The van der Waals surface area contributed by atoms with E-state index in [0.29, 0.717) is 6.54 Å². The van der Waals surface area contributed by atoms with Gasteiger partial charge in [-0.2, -0.15) is 0 Å². The van der Waals surface area contributed by atoms with Crippen molar-refractivity contribution in [2.75, 3.05) is 50.7 Å². The highest BCUT2D eigenvalue weighted by Gasteiger charge is 2.30. The van der Waals surface area contributed by atoms with Crippen LogP contribution in [0.2, 0.25) is 0 Å². The van der Waals surface area contributed by atoms with Gasteiger partial charge in [-0.05, 0) is 38.1 Å². The highest BCUT2D eigenvalue weighted by atomic mass is 16.2. The van der Waals surface area contributed by atoms with Crippen LogP contribution < -0.4 is 10.6 Å². The molecule has 6 nitrogen and oxygen atoms in total. The molecule has 2 aliphatic rings. The summed E-state index contributed by atoms with van der Waals surface area (Å²) in [4.78, 5) is 30.1. The molecule has 0 aromatic heterocycles. The number of likely N-dealkylation sites (tertiary alicyclic amines) is 1. The Hall–Kier alpha value is -2.08. The molecule has 2 N–H and O–H groups in total. The summed E-state index contributed by atoms with van der Waals surface area (Å²) in [5.74, 6) is 0.0793. The molecule has 0 radical (unpaired) electrons. The molecule has 1 aromatic carbocycles. The lowest BCUT2D eigenvalue weighted by Crippen LogP contribution is -2.52. The third kappa shape index (κ3) is 4.06. The highest BCUT2D eigenvalue weighted by Crippen LogP contribution is 2.22. The van der Waals surface area contributed by atoms with Gasteiger partial charge in [0.1, 0.15) is 0 Å². The lowest BCUT2D eigenvalue weighted by Gasteiger charge is -2.39. The fourth-order valence-corrected chi connectivity index (χ4v) is 3.64. The third-order valence-corrected chi connectivity index (χ3v) is 5.03. The molecule has 130 valence electrons. The molecule has 2 fully saturated rings. The van der Waals surface area contributed by atoms with Gasteiger partial charge < -0.3 is 15.5 Å². The molecule has 2 aliphatic heterocycles. The van der Waals surface area contributed by atoms with E-state index in [0.717, 1.165) is 52.1 Å². The molecular weight excluding hydrogens is 304 g/mol. The van der Waals surface area contributed by atoms with Gasteiger partial charge >= 0.3 is 0 Å². The van der Waals surface area contributed by atoms with E-state index in [1.807, 2.05) is 28.0 Å². The van der Waals surface area contributed by atoms with Crippen LogP contribution in [-0.4, -0.2) is 67.4 Å². The predicted octanol–water partition coefficient (Wildman–Crippen LogP) is 0.533. The van der Waals surface area contributed by atoms with Crippen molar-refractivity contribution in [1.29, 1.82) is 0 Å². The highest BCUT2D eigenvalue weighted by molar-refractivity contribution is 5.79. The van der Waals surface area contributed by atoms with Crippen LogP contribution in [0, 0.1) is 5.92 Å². The summed E-state index contributed by atoms with van der Waals surface area (Å²) in [7, 11) is 0. The molecule has 0 bridgehead atoms. The number of carbonyl (C=O) groups is 2. The van der Waals surface area contributed by atoms with Crippen LogP contribution in [0.15, 0.2) is 30.3 Å². The Bertz CT molecular complexity index is 562. The molecule has 0 saturated carbocycles. The molecule has 6 heteroatoms. The minimum Gasteiger partial charge on any atom is -0.369 e. The standard InChI is InChI=1S/C18H26N4O2/c19-17(23)14-20-8-6-15(7-9-20)18(24)22-12-10-21(11-13-22)16-4-2-1-3-5-16/h1-5,15H,6-14H2,(H2,19,23). The lowest BCUT2D eigenvalue weighted by molar-refractivity contribution is -0.137. The number of primary amides is 1. The van der Waals surface area contributed by atoms with Gasteiger partial charge in [-0.3, -0.25) is 14.5 Å². The van der Waals surface area contributed by atoms with Gasteiger partial charge in [0, 0.05) is 37.8 Å². The van der Waals surface area contributed by atoms with E-state index in [4.69, 9.17) is 5.73 Å². The van der Waals surface area contributed by atoms with Crippen LogP contribution in [0.5, 0.6) is 0 Å². The number of benzene rings is 1. The van der Waals surface area contributed by atoms with E-state index in [9.17, 15) is 9.59 Å². The lowest BCUT2D eigenvalue weighted by atomic mass is 9.95. The first kappa shape index (κ1) is 16.8. The average molecular weight is 330 g/mol. The van der Waals surface area contributed by atoms with Gasteiger partial charge in [0.2, 0.25) is 11.8 Å². The number of hydrogen-bond donors (Lipinski definition) is 1. The number of nitrogens with zero attached hydrogens (tertiary/aromatic N) is 3. The van der Waals surface area contributed by atoms with Crippen LogP contribution in [0.3, 0.4) is 0 Å². The Morgan fingerprint density at radius 2 is 1.58 bits per heavy atom. The quantitative estimate of drug-likeness (QED) is 0.874. The van der Waals surface area contributed by atoms with Crippen LogP contribution in [0.4, 0.5) is 5.69 Å². The van der Waals surface area contributed by atoms with Crippen molar-refractivity contribution in [2.24, 2.45) is 11.7 Å². The van der Waals surface area contributed by atoms with E-state index in [1.54, 1.807) is 0 Å². The molecule has 0 aliphatic carbocycles. The maximum atomic E-state index is 12.7. The minimum absolute atomic E-state index is 0.0948. The van der Waals surface area contributed by atoms with Crippen molar-refractivity contribution >= 4 is 17.5 Å². The minimum atomic E-state index is -0.295. The molecule has 0 unspecified atom stereocenters. The Morgan fingerprint density at radius 3 is 2.17 bits per heavy atom. The molecule has 1 aromatic rings. The topological polar surface area (TPSA) is 69.9 Å². The number of para-hydroxylation sites is 1.